The molecule has 0 atom stereocenters. The van der Waals surface area contributed by atoms with E-state index in [0.29, 0.717) is 16.6 Å². The molecule has 4 heteroatoms. The van der Waals surface area contributed by atoms with Crippen LogP contribution in [0, 0.1) is 6.92 Å². The number of hydrogen-bond acceptors (Lipinski definition) is 3. The molecule has 0 radical (unpaired) electrons. The summed E-state index contributed by atoms with van der Waals surface area (Å²) < 4.78 is 0. The number of para-hydroxylation sites is 1. The second-order valence-electron chi connectivity index (χ2n) is 4.73. The maximum Gasteiger partial charge on any atom is 1.00 e. The van der Waals surface area contributed by atoms with Gasteiger partial charge >= 0.3 is 29.6 Å². The molecule has 0 fully saturated rings. The molecule has 0 saturated heterocycles. The number of carbonyl (C=O) groups is 1. The number of rotatable bonds is 2. The number of fused-ring (bicyclic) bond motifs is 1. The summed E-state index contributed by atoms with van der Waals surface area (Å²) in [6, 6.07) is 16.6. The van der Waals surface area contributed by atoms with Gasteiger partial charge < -0.3 is 9.90 Å². The van der Waals surface area contributed by atoms with Crippen LogP contribution in [0.1, 0.15) is 15.9 Å². The SMILES string of the molecule is Cc1ccc(-c2cc(C(=O)[O-])c3ccccc3n2)cc1.[Na+]. The van der Waals surface area contributed by atoms with Crippen molar-refractivity contribution in [1.82, 2.24) is 4.98 Å². The number of aromatic carboxylic acids is 1. The Balaban J connectivity index is 0.00000161. The van der Waals surface area contributed by atoms with Gasteiger partial charge in [-0.15, -0.1) is 0 Å². The minimum atomic E-state index is -1.18. The fourth-order valence-electron chi connectivity index (χ4n) is 2.22. The van der Waals surface area contributed by atoms with Gasteiger partial charge in [-0.2, -0.15) is 0 Å². The van der Waals surface area contributed by atoms with Crippen molar-refractivity contribution < 1.29 is 39.5 Å². The molecule has 0 N–H and O–H groups in total. The van der Waals surface area contributed by atoms with E-state index in [4.69, 9.17) is 0 Å². The van der Waals surface area contributed by atoms with Crippen molar-refractivity contribution in [2.75, 3.05) is 0 Å². The first kappa shape index (κ1) is 15.7. The van der Waals surface area contributed by atoms with E-state index in [-0.39, 0.29) is 35.1 Å². The Kier molecular flexibility index (Phi) is 4.78. The second kappa shape index (κ2) is 6.39. The standard InChI is InChI=1S/C17H13NO2.Na/c1-11-6-8-12(9-7-11)16-10-14(17(19)20)13-4-2-3-5-15(13)18-16;/h2-10H,1H3,(H,19,20);/q;+1/p-1. The Labute approximate surface area is 144 Å². The van der Waals surface area contributed by atoms with Crippen molar-refractivity contribution in [3.8, 4) is 11.3 Å². The number of hydrogen-bond donors (Lipinski definition) is 0. The Morgan fingerprint density at radius 3 is 2.38 bits per heavy atom. The van der Waals surface area contributed by atoms with Crippen LogP contribution in [0.25, 0.3) is 22.2 Å². The van der Waals surface area contributed by atoms with E-state index in [1.807, 2.05) is 37.3 Å². The molecule has 21 heavy (non-hydrogen) atoms. The third-order valence-corrected chi connectivity index (χ3v) is 3.28. The summed E-state index contributed by atoms with van der Waals surface area (Å²) in [5, 5.41) is 11.9. The van der Waals surface area contributed by atoms with Crippen LogP contribution < -0.4 is 34.7 Å². The number of aromatic nitrogens is 1. The number of aryl methyl sites for hydroxylation is 1. The molecule has 0 amide bonds. The molecule has 3 nitrogen and oxygen atoms in total. The molecular formula is C17H12NNaO2. The smallest absolute Gasteiger partial charge is 0.545 e. The van der Waals surface area contributed by atoms with Crippen LogP contribution in [0.5, 0.6) is 0 Å². The Bertz CT molecular complexity index is 797. The molecule has 1 aromatic heterocycles. The van der Waals surface area contributed by atoms with Crippen molar-refractivity contribution in [3.05, 3.63) is 65.7 Å². The number of benzene rings is 2. The molecule has 0 bridgehead atoms. The first-order valence-corrected chi connectivity index (χ1v) is 6.33. The van der Waals surface area contributed by atoms with Gasteiger partial charge in [0.1, 0.15) is 0 Å². The molecule has 98 valence electrons. The van der Waals surface area contributed by atoms with Gasteiger partial charge in [-0.05, 0) is 19.1 Å². The first-order valence-electron chi connectivity index (χ1n) is 6.33. The van der Waals surface area contributed by atoms with Crippen LogP contribution in [0.3, 0.4) is 0 Å². The Morgan fingerprint density at radius 1 is 1.05 bits per heavy atom. The van der Waals surface area contributed by atoms with Gasteiger partial charge in [0.2, 0.25) is 0 Å². The molecule has 3 aromatic rings. The maximum absolute atomic E-state index is 11.3. The molecule has 0 spiro atoms. The van der Waals surface area contributed by atoms with E-state index in [1.165, 1.54) is 0 Å². The molecule has 0 aliphatic rings. The maximum atomic E-state index is 11.3. The van der Waals surface area contributed by atoms with Crippen molar-refractivity contribution >= 4 is 16.9 Å². The summed E-state index contributed by atoms with van der Waals surface area (Å²) in [7, 11) is 0. The number of carbonyl (C=O) groups excluding carboxylic acids is 1. The number of carboxylic acids is 1. The third-order valence-electron chi connectivity index (χ3n) is 3.28. The Hall–Kier alpha value is -1.68. The predicted molar refractivity (Wildman–Crippen MR) is 76.2 cm³/mol. The van der Waals surface area contributed by atoms with Gasteiger partial charge in [-0.25, -0.2) is 4.98 Å². The molecular weight excluding hydrogens is 273 g/mol. The number of pyridine rings is 1. The van der Waals surface area contributed by atoms with E-state index in [0.717, 1.165) is 11.1 Å². The van der Waals surface area contributed by atoms with Crippen molar-refractivity contribution in [1.29, 1.82) is 0 Å². The minimum Gasteiger partial charge on any atom is -0.545 e. The molecule has 3 rings (SSSR count). The zero-order chi connectivity index (χ0) is 14.1. The van der Waals surface area contributed by atoms with Crippen molar-refractivity contribution in [3.63, 3.8) is 0 Å². The summed E-state index contributed by atoms with van der Waals surface area (Å²) >= 11 is 0. The molecule has 0 saturated carbocycles. The minimum absolute atomic E-state index is 0. The normalized spacial score (nSPS) is 10.1. The summed E-state index contributed by atoms with van der Waals surface area (Å²) in [6.07, 6.45) is 0. The van der Waals surface area contributed by atoms with Crippen LogP contribution in [-0.2, 0) is 0 Å². The van der Waals surface area contributed by atoms with Crippen LogP contribution in [-0.4, -0.2) is 11.0 Å². The average molecular weight is 285 g/mol. The van der Waals surface area contributed by atoms with Crippen molar-refractivity contribution in [2.45, 2.75) is 6.92 Å². The van der Waals surface area contributed by atoms with Gasteiger partial charge in [-0.3, -0.25) is 0 Å². The third kappa shape index (κ3) is 3.16. The van der Waals surface area contributed by atoms with Gasteiger partial charge in [0.05, 0.1) is 17.2 Å². The van der Waals surface area contributed by atoms with Crippen LogP contribution in [0.15, 0.2) is 54.6 Å². The monoisotopic (exact) mass is 285 g/mol. The fourth-order valence-corrected chi connectivity index (χ4v) is 2.22. The molecule has 0 unspecified atom stereocenters. The zero-order valence-corrected chi connectivity index (χ0v) is 14.0. The first-order chi connectivity index (χ1) is 9.65. The number of nitrogens with zero attached hydrogens (tertiary/aromatic N) is 1. The van der Waals surface area contributed by atoms with Crippen LogP contribution in [0.2, 0.25) is 0 Å². The van der Waals surface area contributed by atoms with Crippen molar-refractivity contribution in [2.24, 2.45) is 0 Å². The summed E-state index contributed by atoms with van der Waals surface area (Å²) in [5.41, 5.74) is 3.51. The summed E-state index contributed by atoms with van der Waals surface area (Å²) in [4.78, 5) is 15.8. The van der Waals surface area contributed by atoms with Crippen LogP contribution in [0.4, 0.5) is 0 Å². The topological polar surface area (TPSA) is 53.0 Å². The quantitative estimate of drug-likeness (QED) is 0.601. The van der Waals surface area contributed by atoms with Gasteiger partial charge in [-0.1, -0.05) is 48.0 Å². The molecule has 0 aliphatic carbocycles. The molecule has 2 aromatic carbocycles. The van der Waals surface area contributed by atoms with E-state index in [1.54, 1.807) is 24.3 Å². The fraction of sp³-hybridized carbons (Fsp3) is 0.0588. The van der Waals surface area contributed by atoms with E-state index in [9.17, 15) is 9.90 Å². The zero-order valence-electron chi connectivity index (χ0n) is 12.0. The van der Waals surface area contributed by atoms with Gasteiger partial charge in [0.15, 0.2) is 0 Å². The molecule has 1 heterocycles. The van der Waals surface area contributed by atoms with Gasteiger partial charge in [0.25, 0.3) is 0 Å². The molecule has 0 aliphatic heterocycles. The van der Waals surface area contributed by atoms with E-state index < -0.39 is 5.97 Å². The van der Waals surface area contributed by atoms with E-state index in [2.05, 4.69) is 4.98 Å². The predicted octanol–water partition coefficient (Wildman–Crippen LogP) is -0.422. The second-order valence-corrected chi connectivity index (χ2v) is 4.73. The largest absolute Gasteiger partial charge is 1.00 e. The summed E-state index contributed by atoms with van der Waals surface area (Å²) in [6.45, 7) is 2.00. The number of carboxylic acid groups (broad SMARTS) is 1. The van der Waals surface area contributed by atoms with E-state index >= 15 is 0 Å². The summed E-state index contributed by atoms with van der Waals surface area (Å²) in [5.74, 6) is -1.18. The van der Waals surface area contributed by atoms with Gasteiger partial charge in [0, 0.05) is 16.5 Å². The van der Waals surface area contributed by atoms with Crippen LogP contribution >= 0.6 is 0 Å². The average Bonchev–Trinajstić information content (AvgIpc) is 2.46. The Morgan fingerprint density at radius 2 is 1.71 bits per heavy atom.